The molecule has 0 N–H and O–H groups in total. The molecule has 3 heterocycles. The number of carbonyl (C=O) groups excluding carboxylic acids is 1. The minimum atomic E-state index is -0.257. The third-order valence-corrected chi connectivity index (χ3v) is 5.63. The number of thiazole rings is 1. The molecule has 0 saturated heterocycles. The molecule has 0 radical (unpaired) electrons. The summed E-state index contributed by atoms with van der Waals surface area (Å²) in [6, 6.07) is 7.12. The van der Waals surface area contributed by atoms with Gasteiger partial charge in [0.15, 0.2) is 5.76 Å². The lowest BCUT2D eigenvalue weighted by Gasteiger charge is -1.89. The van der Waals surface area contributed by atoms with E-state index in [-0.39, 0.29) is 17.1 Å². The number of halogens is 1. The van der Waals surface area contributed by atoms with Crippen molar-refractivity contribution in [2.45, 2.75) is 0 Å². The zero-order chi connectivity index (χ0) is 15.7. The van der Waals surface area contributed by atoms with Crippen molar-refractivity contribution in [2.75, 3.05) is 0 Å². The molecule has 0 saturated carbocycles. The second-order valence-corrected chi connectivity index (χ2v) is 8.00. The Morgan fingerprint density at radius 3 is 2.77 bits per heavy atom. The number of furan rings is 1. The summed E-state index contributed by atoms with van der Waals surface area (Å²) in [5, 5.41) is 0. The fourth-order valence-electron chi connectivity index (χ4n) is 1.84. The van der Waals surface area contributed by atoms with Crippen LogP contribution in [0.25, 0.3) is 12.2 Å². The minimum absolute atomic E-state index is 0.118. The van der Waals surface area contributed by atoms with E-state index in [2.05, 4.69) is 15.9 Å². The van der Waals surface area contributed by atoms with Gasteiger partial charge >= 0.3 is 0 Å². The monoisotopic (exact) mass is 395 g/mol. The summed E-state index contributed by atoms with van der Waals surface area (Å²) in [4.78, 5) is 25.3. The largest absolute Gasteiger partial charge is 0.461 e. The van der Waals surface area contributed by atoms with Crippen LogP contribution in [0.3, 0.4) is 0 Å². The van der Waals surface area contributed by atoms with Gasteiger partial charge in [-0.2, -0.15) is 0 Å². The Balaban J connectivity index is 2.08. The maximum atomic E-state index is 12.2. The standard InChI is InChI=1S/C15H10BrNO3S2/c1-17-14(8-10(18)11-3-2-6-20-11)22-12(15(17)19)7-9-4-5-13(16)21-9/h2-8H,1H3. The number of ketones is 1. The van der Waals surface area contributed by atoms with E-state index in [1.165, 1.54) is 28.2 Å². The van der Waals surface area contributed by atoms with Crippen molar-refractivity contribution >= 4 is 56.5 Å². The van der Waals surface area contributed by atoms with Crippen molar-refractivity contribution in [3.63, 3.8) is 0 Å². The Morgan fingerprint density at radius 2 is 2.14 bits per heavy atom. The molecular weight excluding hydrogens is 386 g/mol. The summed E-state index contributed by atoms with van der Waals surface area (Å²) >= 11 is 6.23. The van der Waals surface area contributed by atoms with Crippen molar-refractivity contribution < 1.29 is 9.21 Å². The first-order valence-corrected chi connectivity index (χ1v) is 8.69. The highest BCUT2D eigenvalue weighted by atomic mass is 79.9. The Hall–Kier alpha value is -1.70. The normalized spacial score (nSPS) is 13.0. The van der Waals surface area contributed by atoms with Crippen molar-refractivity contribution in [3.05, 3.63) is 64.5 Å². The highest BCUT2D eigenvalue weighted by molar-refractivity contribution is 9.11. The third-order valence-electron chi connectivity index (χ3n) is 2.95. The van der Waals surface area contributed by atoms with Gasteiger partial charge in [-0.1, -0.05) is 0 Å². The number of thiophene rings is 1. The van der Waals surface area contributed by atoms with Crippen LogP contribution in [-0.4, -0.2) is 10.4 Å². The van der Waals surface area contributed by atoms with Crippen LogP contribution in [0.1, 0.15) is 15.4 Å². The maximum absolute atomic E-state index is 12.2. The van der Waals surface area contributed by atoms with Gasteiger partial charge in [-0.15, -0.1) is 22.7 Å². The van der Waals surface area contributed by atoms with E-state index in [0.29, 0.717) is 9.20 Å². The molecule has 3 rings (SSSR count). The van der Waals surface area contributed by atoms with Crippen molar-refractivity contribution in [2.24, 2.45) is 7.05 Å². The molecule has 4 nitrogen and oxygen atoms in total. The summed E-state index contributed by atoms with van der Waals surface area (Å²) in [5.41, 5.74) is -0.118. The summed E-state index contributed by atoms with van der Waals surface area (Å²) < 4.78 is 8.73. The second-order valence-electron chi connectivity index (χ2n) is 4.44. The van der Waals surface area contributed by atoms with Crippen molar-refractivity contribution in [3.8, 4) is 0 Å². The first-order chi connectivity index (χ1) is 10.5. The summed E-state index contributed by atoms with van der Waals surface area (Å²) in [6.07, 6.45) is 4.70. The molecule has 7 heteroatoms. The SMILES string of the molecule is Cn1c(=CC(=O)c2ccco2)sc(=Cc2ccc(Br)s2)c1=O. The zero-order valence-corrected chi connectivity index (χ0v) is 14.6. The van der Waals surface area contributed by atoms with Crippen LogP contribution in [0.5, 0.6) is 0 Å². The summed E-state index contributed by atoms with van der Waals surface area (Å²) in [7, 11) is 1.65. The molecule has 0 aliphatic heterocycles. The molecule has 0 aromatic carbocycles. The lowest BCUT2D eigenvalue weighted by atomic mass is 10.3. The molecule has 0 atom stereocenters. The second kappa shape index (κ2) is 6.20. The molecule has 0 aliphatic rings. The predicted octanol–water partition coefficient (Wildman–Crippen LogP) is 2.36. The van der Waals surface area contributed by atoms with Crippen LogP contribution in [-0.2, 0) is 7.05 Å². The molecule has 0 fully saturated rings. The van der Waals surface area contributed by atoms with Crippen molar-refractivity contribution in [1.82, 2.24) is 4.57 Å². The number of Topliss-reactive ketones (excluding diaryl/α,β-unsaturated/α-hetero) is 1. The summed E-state index contributed by atoms with van der Waals surface area (Å²) in [5.74, 6) is 0.000772. The highest BCUT2D eigenvalue weighted by Crippen LogP contribution is 2.22. The molecule has 0 spiro atoms. The van der Waals surface area contributed by atoms with E-state index >= 15 is 0 Å². The van der Waals surface area contributed by atoms with E-state index in [1.54, 1.807) is 30.5 Å². The lowest BCUT2D eigenvalue weighted by Crippen LogP contribution is -2.28. The Labute approximate surface area is 141 Å². The predicted molar refractivity (Wildman–Crippen MR) is 91.9 cm³/mol. The van der Waals surface area contributed by atoms with Gasteiger partial charge in [-0.3, -0.25) is 9.59 Å². The van der Waals surface area contributed by atoms with Gasteiger partial charge < -0.3 is 8.98 Å². The minimum Gasteiger partial charge on any atom is -0.461 e. The number of rotatable bonds is 3. The molecule has 3 aromatic rings. The van der Waals surface area contributed by atoms with Crippen LogP contribution < -0.4 is 14.8 Å². The fraction of sp³-hybridized carbons (Fsp3) is 0.0667. The maximum Gasteiger partial charge on any atom is 0.268 e. The van der Waals surface area contributed by atoms with E-state index in [9.17, 15) is 9.59 Å². The van der Waals surface area contributed by atoms with Gasteiger partial charge in [-0.05, 0) is 46.3 Å². The molecule has 0 aliphatic carbocycles. The highest BCUT2D eigenvalue weighted by Gasteiger charge is 2.07. The quantitative estimate of drug-likeness (QED) is 0.639. The first-order valence-electron chi connectivity index (χ1n) is 6.27. The molecule has 0 bridgehead atoms. The van der Waals surface area contributed by atoms with E-state index in [0.717, 1.165) is 8.66 Å². The van der Waals surface area contributed by atoms with Crippen LogP contribution >= 0.6 is 38.6 Å². The summed E-state index contributed by atoms with van der Waals surface area (Å²) in [6.45, 7) is 0. The lowest BCUT2D eigenvalue weighted by molar-refractivity contribution is 0.103. The van der Waals surface area contributed by atoms with E-state index < -0.39 is 0 Å². The van der Waals surface area contributed by atoms with Gasteiger partial charge in [0.25, 0.3) is 5.56 Å². The third kappa shape index (κ3) is 3.06. The molecule has 0 amide bonds. The number of carbonyl (C=O) groups is 1. The van der Waals surface area contributed by atoms with Gasteiger partial charge in [0.1, 0.15) is 4.66 Å². The molecule has 22 heavy (non-hydrogen) atoms. The van der Waals surface area contributed by atoms with E-state index in [1.807, 2.05) is 18.2 Å². The van der Waals surface area contributed by atoms with Crippen LogP contribution in [0.2, 0.25) is 0 Å². The number of hydrogen-bond donors (Lipinski definition) is 0. The Bertz CT molecular complexity index is 993. The zero-order valence-electron chi connectivity index (χ0n) is 11.4. The molecular formula is C15H10BrNO3S2. The van der Waals surface area contributed by atoms with Crippen molar-refractivity contribution in [1.29, 1.82) is 0 Å². The average Bonchev–Trinajstić information content (AvgIpc) is 3.19. The Morgan fingerprint density at radius 1 is 1.32 bits per heavy atom. The average molecular weight is 396 g/mol. The van der Waals surface area contributed by atoms with Gasteiger partial charge in [0, 0.05) is 18.0 Å². The Kier molecular flexibility index (Phi) is 4.28. The molecule has 112 valence electrons. The number of nitrogens with zero attached hydrogens (tertiary/aromatic N) is 1. The topological polar surface area (TPSA) is 52.2 Å². The van der Waals surface area contributed by atoms with Gasteiger partial charge in [-0.25, -0.2) is 0 Å². The van der Waals surface area contributed by atoms with Gasteiger partial charge in [0.05, 0.1) is 14.6 Å². The molecule has 0 unspecified atom stereocenters. The number of aromatic nitrogens is 1. The smallest absolute Gasteiger partial charge is 0.268 e. The van der Waals surface area contributed by atoms with Crippen LogP contribution in [0.15, 0.2) is 43.5 Å². The van der Waals surface area contributed by atoms with Gasteiger partial charge in [0.2, 0.25) is 5.78 Å². The number of hydrogen-bond acceptors (Lipinski definition) is 5. The molecule has 3 aromatic heterocycles. The first kappa shape index (κ1) is 15.2. The van der Waals surface area contributed by atoms with Crippen LogP contribution in [0.4, 0.5) is 0 Å². The van der Waals surface area contributed by atoms with Crippen LogP contribution in [0, 0.1) is 0 Å². The van der Waals surface area contributed by atoms with E-state index in [4.69, 9.17) is 4.42 Å². The fourth-order valence-corrected chi connectivity index (χ4v) is 4.31.